The van der Waals surface area contributed by atoms with Crippen molar-refractivity contribution in [3.05, 3.63) is 21.6 Å². The monoisotopic (exact) mass is 287 g/mol. The quantitative estimate of drug-likeness (QED) is 0.859. The number of aliphatic hydroxyl groups excluding tert-OH is 1. The molecule has 0 aliphatic carbocycles. The smallest absolute Gasteiger partial charge is 0.287 e. The Hall–Kier alpha value is -1.11. The lowest BCUT2D eigenvalue weighted by Crippen LogP contribution is -2.33. The van der Waals surface area contributed by atoms with Crippen LogP contribution in [0.15, 0.2) is 11.0 Å². The van der Waals surface area contributed by atoms with Crippen LogP contribution in [0.5, 0.6) is 0 Å². The summed E-state index contributed by atoms with van der Waals surface area (Å²) in [6, 6.07) is 0.233. The molecule has 1 fully saturated rings. The standard InChI is InChI=1S/C12H18ClN3O3/c1-8-6-9(2-5-19-8)15-10-7-14-16(3-4-17)12(18)11(10)13/h7-9,15,17H,2-6H2,1H3. The maximum Gasteiger partial charge on any atom is 0.287 e. The molecule has 2 unspecified atom stereocenters. The Bertz CT molecular complexity index is 492. The molecule has 1 saturated heterocycles. The van der Waals surface area contributed by atoms with Gasteiger partial charge in [-0.2, -0.15) is 5.10 Å². The van der Waals surface area contributed by atoms with Crippen molar-refractivity contribution in [3.63, 3.8) is 0 Å². The first-order chi connectivity index (χ1) is 9.11. The summed E-state index contributed by atoms with van der Waals surface area (Å²) in [5.41, 5.74) is 0.154. The lowest BCUT2D eigenvalue weighted by atomic mass is 10.0. The van der Waals surface area contributed by atoms with Gasteiger partial charge in [-0.05, 0) is 19.8 Å². The molecule has 2 atom stereocenters. The summed E-state index contributed by atoms with van der Waals surface area (Å²) in [5, 5.41) is 16.2. The first kappa shape index (κ1) is 14.3. The summed E-state index contributed by atoms with van der Waals surface area (Å²) in [4.78, 5) is 11.9. The number of nitrogens with zero attached hydrogens (tertiary/aromatic N) is 2. The van der Waals surface area contributed by atoms with Gasteiger partial charge in [-0.3, -0.25) is 4.79 Å². The number of hydrogen-bond donors (Lipinski definition) is 2. The largest absolute Gasteiger partial charge is 0.394 e. The first-order valence-corrected chi connectivity index (χ1v) is 6.74. The summed E-state index contributed by atoms with van der Waals surface area (Å²) in [6.45, 7) is 2.72. The number of aliphatic hydroxyl groups is 1. The summed E-state index contributed by atoms with van der Waals surface area (Å²) < 4.78 is 6.62. The maximum atomic E-state index is 11.9. The molecular formula is C12H18ClN3O3. The fourth-order valence-corrected chi connectivity index (χ4v) is 2.37. The highest BCUT2D eigenvalue weighted by Crippen LogP contribution is 2.21. The van der Waals surface area contributed by atoms with Crippen LogP contribution in [0, 0.1) is 0 Å². The third-order valence-corrected chi connectivity index (χ3v) is 3.51. The van der Waals surface area contributed by atoms with E-state index >= 15 is 0 Å². The second kappa shape index (κ2) is 6.36. The predicted octanol–water partition coefficient (Wildman–Crippen LogP) is 0.868. The van der Waals surface area contributed by atoms with Gasteiger partial charge in [0.1, 0.15) is 5.02 Å². The van der Waals surface area contributed by atoms with Gasteiger partial charge in [-0.15, -0.1) is 0 Å². The minimum Gasteiger partial charge on any atom is -0.394 e. The molecular weight excluding hydrogens is 270 g/mol. The number of halogens is 1. The third-order valence-electron chi connectivity index (χ3n) is 3.14. The highest BCUT2D eigenvalue weighted by Gasteiger charge is 2.20. The minimum atomic E-state index is -0.388. The lowest BCUT2D eigenvalue weighted by Gasteiger charge is -2.28. The van der Waals surface area contributed by atoms with E-state index in [1.54, 1.807) is 0 Å². The minimum absolute atomic E-state index is 0.114. The maximum absolute atomic E-state index is 11.9. The number of hydrogen-bond acceptors (Lipinski definition) is 5. The van der Waals surface area contributed by atoms with Crippen LogP contribution in [-0.2, 0) is 11.3 Å². The molecule has 1 aliphatic rings. The normalized spacial score (nSPS) is 23.3. The lowest BCUT2D eigenvalue weighted by molar-refractivity contribution is 0.0232. The number of rotatable bonds is 4. The number of nitrogens with one attached hydrogen (secondary N) is 1. The molecule has 106 valence electrons. The molecule has 0 aromatic carbocycles. The van der Waals surface area contributed by atoms with Gasteiger partial charge in [0.2, 0.25) is 0 Å². The zero-order valence-corrected chi connectivity index (χ0v) is 11.6. The Labute approximate surface area is 116 Å². The summed E-state index contributed by atoms with van der Waals surface area (Å²) in [7, 11) is 0. The van der Waals surface area contributed by atoms with Gasteiger partial charge >= 0.3 is 0 Å². The topological polar surface area (TPSA) is 76.4 Å². The van der Waals surface area contributed by atoms with E-state index in [-0.39, 0.29) is 35.9 Å². The van der Waals surface area contributed by atoms with Crippen molar-refractivity contribution in [1.29, 1.82) is 0 Å². The van der Waals surface area contributed by atoms with Crippen molar-refractivity contribution in [3.8, 4) is 0 Å². The average molecular weight is 288 g/mol. The summed E-state index contributed by atoms with van der Waals surface area (Å²) in [6.07, 6.45) is 3.48. The SMILES string of the molecule is CC1CC(Nc2cnn(CCO)c(=O)c2Cl)CCO1. The van der Waals surface area contributed by atoms with E-state index in [0.29, 0.717) is 12.3 Å². The van der Waals surface area contributed by atoms with Crippen LogP contribution in [0.1, 0.15) is 19.8 Å². The molecule has 2 rings (SSSR count). The van der Waals surface area contributed by atoms with Crippen LogP contribution in [0.25, 0.3) is 0 Å². The molecule has 0 bridgehead atoms. The number of ether oxygens (including phenoxy) is 1. The molecule has 0 radical (unpaired) electrons. The second-order valence-corrected chi connectivity index (χ2v) is 5.05. The molecule has 6 nitrogen and oxygen atoms in total. The predicted molar refractivity (Wildman–Crippen MR) is 72.7 cm³/mol. The molecule has 0 spiro atoms. The van der Waals surface area contributed by atoms with Crippen molar-refractivity contribution in [2.24, 2.45) is 0 Å². The summed E-state index contributed by atoms with van der Waals surface area (Å²) >= 11 is 6.04. The third kappa shape index (κ3) is 3.46. The van der Waals surface area contributed by atoms with Gasteiger partial charge in [0.25, 0.3) is 5.56 Å². The van der Waals surface area contributed by atoms with Gasteiger partial charge in [0.15, 0.2) is 0 Å². The molecule has 0 saturated carbocycles. The molecule has 1 aromatic rings. The molecule has 19 heavy (non-hydrogen) atoms. The second-order valence-electron chi connectivity index (χ2n) is 4.67. The van der Waals surface area contributed by atoms with E-state index in [9.17, 15) is 4.79 Å². The van der Waals surface area contributed by atoms with Crippen LogP contribution in [0.3, 0.4) is 0 Å². The Balaban J connectivity index is 2.12. The Morgan fingerprint density at radius 3 is 3.16 bits per heavy atom. The fraction of sp³-hybridized carbons (Fsp3) is 0.667. The van der Waals surface area contributed by atoms with Crippen LogP contribution < -0.4 is 10.9 Å². The van der Waals surface area contributed by atoms with E-state index in [2.05, 4.69) is 10.4 Å². The molecule has 2 heterocycles. The van der Waals surface area contributed by atoms with Crippen molar-refractivity contribution in [2.75, 3.05) is 18.5 Å². The van der Waals surface area contributed by atoms with Gasteiger partial charge in [-0.25, -0.2) is 4.68 Å². The zero-order chi connectivity index (χ0) is 13.8. The van der Waals surface area contributed by atoms with Crippen LogP contribution in [0.4, 0.5) is 5.69 Å². The molecule has 2 N–H and O–H groups in total. The summed E-state index contributed by atoms with van der Waals surface area (Å²) in [5.74, 6) is 0. The van der Waals surface area contributed by atoms with E-state index in [4.69, 9.17) is 21.4 Å². The van der Waals surface area contributed by atoms with E-state index < -0.39 is 0 Å². The van der Waals surface area contributed by atoms with E-state index in [1.165, 1.54) is 6.20 Å². The number of anilines is 1. The van der Waals surface area contributed by atoms with Crippen LogP contribution in [0.2, 0.25) is 5.02 Å². The Morgan fingerprint density at radius 1 is 1.68 bits per heavy atom. The number of aromatic nitrogens is 2. The highest BCUT2D eigenvalue weighted by atomic mass is 35.5. The zero-order valence-electron chi connectivity index (χ0n) is 10.8. The fourth-order valence-electron chi connectivity index (χ4n) is 2.17. The molecule has 0 amide bonds. The van der Waals surface area contributed by atoms with Gasteiger partial charge in [0, 0.05) is 12.6 Å². The van der Waals surface area contributed by atoms with Gasteiger partial charge in [-0.1, -0.05) is 11.6 Å². The van der Waals surface area contributed by atoms with Crippen LogP contribution >= 0.6 is 11.6 Å². The van der Waals surface area contributed by atoms with E-state index in [1.807, 2.05) is 6.92 Å². The molecule has 1 aliphatic heterocycles. The first-order valence-electron chi connectivity index (χ1n) is 6.36. The van der Waals surface area contributed by atoms with Gasteiger partial charge in [0.05, 0.1) is 31.1 Å². The average Bonchev–Trinajstić information content (AvgIpc) is 2.39. The molecule has 7 heteroatoms. The molecule has 1 aromatic heterocycles. The van der Waals surface area contributed by atoms with E-state index in [0.717, 1.165) is 17.5 Å². The van der Waals surface area contributed by atoms with Crippen LogP contribution in [-0.4, -0.2) is 40.2 Å². The Kier molecular flexibility index (Phi) is 4.79. The van der Waals surface area contributed by atoms with Crippen molar-refractivity contribution in [2.45, 2.75) is 38.5 Å². The van der Waals surface area contributed by atoms with Gasteiger partial charge < -0.3 is 15.2 Å². The van der Waals surface area contributed by atoms with Crippen molar-refractivity contribution in [1.82, 2.24) is 9.78 Å². The van der Waals surface area contributed by atoms with Crippen molar-refractivity contribution >= 4 is 17.3 Å². The van der Waals surface area contributed by atoms with Crippen molar-refractivity contribution < 1.29 is 9.84 Å². The Morgan fingerprint density at radius 2 is 2.47 bits per heavy atom. The highest BCUT2D eigenvalue weighted by molar-refractivity contribution is 6.32.